The van der Waals surface area contributed by atoms with E-state index in [1.165, 1.54) is 0 Å². The number of rotatable bonds is 1. The number of anilines is 4. The summed E-state index contributed by atoms with van der Waals surface area (Å²) in [7, 11) is 2.00. The van der Waals surface area contributed by atoms with Crippen LogP contribution in [0.3, 0.4) is 0 Å². The third-order valence-electron chi connectivity index (χ3n) is 1.56. The maximum atomic E-state index is 5.74. The van der Waals surface area contributed by atoms with E-state index in [2.05, 4.69) is 20.1 Å². The van der Waals surface area contributed by atoms with Crippen molar-refractivity contribution >= 4 is 46.1 Å². The quantitative estimate of drug-likeness (QED) is 0.358. The van der Waals surface area contributed by atoms with Gasteiger partial charge in [0.25, 0.3) is 0 Å². The van der Waals surface area contributed by atoms with Gasteiger partial charge in [0.15, 0.2) is 0 Å². The Morgan fingerprint density at radius 3 is 3.08 bits per heavy atom. The Labute approximate surface area is 100 Å². The summed E-state index contributed by atoms with van der Waals surface area (Å²) in [5.41, 5.74) is 6.61. The Morgan fingerprint density at radius 1 is 1.62 bits per heavy atom. The number of halogens is 2. The molecule has 0 bridgehead atoms. The van der Waals surface area contributed by atoms with Gasteiger partial charge in [-0.05, 0) is 0 Å². The van der Waals surface area contributed by atoms with Crippen molar-refractivity contribution in [2.75, 3.05) is 23.0 Å². The molecule has 0 aromatic carbocycles. The van der Waals surface area contributed by atoms with Gasteiger partial charge in [0, 0.05) is 0 Å². The van der Waals surface area contributed by atoms with Crippen molar-refractivity contribution < 1.29 is 21.8 Å². The van der Waals surface area contributed by atoms with Gasteiger partial charge < -0.3 is 0 Å². The monoisotopic (exact) mass is 405 g/mol. The van der Waals surface area contributed by atoms with Gasteiger partial charge in [-0.1, -0.05) is 0 Å². The van der Waals surface area contributed by atoms with E-state index < -0.39 is 0 Å². The van der Waals surface area contributed by atoms with Crippen LogP contribution in [0.1, 0.15) is 0 Å². The molecule has 0 amide bonds. The molecule has 2 heterocycles. The van der Waals surface area contributed by atoms with Gasteiger partial charge in [0.05, 0.1) is 0 Å². The standard InChI is InChI=1S/C5H7I2N6/c1-13-4-2(12-7-13)3(8)9-5(10-4)11-6/h12H,1H3,(H3,8,9,10,11)/q-1. The van der Waals surface area contributed by atoms with Gasteiger partial charge >= 0.3 is 101 Å². The van der Waals surface area contributed by atoms with Crippen molar-refractivity contribution in [3.05, 3.63) is 0 Å². The fourth-order valence-electron chi connectivity index (χ4n) is 0.967. The number of nitrogens with two attached hydrogens (primary N) is 1. The Hall–Kier alpha value is -0.260. The molecule has 0 unspecified atom stereocenters. The first-order chi connectivity index (χ1) is 6.22. The molecule has 1 aliphatic heterocycles. The van der Waals surface area contributed by atoms with Gasteiger partial charge in [-0.25, -0.2) is 0 Å². The zero-order valence-corrected chi connectivity index (χ0v) is 11.0. The zero-order valence-electron chi connectivity index (χ0n) is 6.67. The number of nitrogens with one attached hydrogen (secondary N) is 2. The fourth-order valence-corrected chi connectivity index (χ4v) is 2.91. The van der Waals surface area contributed by atoms with Gasteiger partial charge in [-0.15, -0.1) is 0 Å². The number of hydrogen-bond acceptors (Lipinski definition) is 6. The normalized spacial score (nSPS) is 14.5. The number of nitrogen functional groups attached to an aromatic ring is 1. The van der Waals surface area contributed by atoms with Crippen molar-refractivity contribution in [2.24, 2.45) is 0 Å². The van der Waals surface area contributed by atoms with E-state index >= 15 is 0 Å². The van der Waals surface area contributed by atoms with Crippen LogP contribution in [0.5, 0.6) is 0 Å². The van der Waals surface area contributed by atoms with Crippen LogP contribution < -0.4 is 37.7 Å². The van der Waals surface area contributed by atoms with E-state index in [1.807, 2.05) is 29.9 Å². The first-order valence-electron chi connectivity index (χ1n) is 3.40. The Morgan fingerprint density at radius 2 is 2.38 bits per heavy atom. The summed E-state index contributed by atoms with van der Waals surface area (Å²) >= 11 is 1.77. The van der Waals surface area contributed by atoms with E-state index in [9.17, 15) is 0 Å². The second-order valence-electron chi connectivity index (χ2n) is 2.38. The maximum absolute atomic E-state index is 5.74. The van der Waals surface area contributed by atoms with Crippen LogP contribution in [-0.4, -0.2) is 17.0 Å². The first kappa shape index (κ1) is 9.30. The molecule has 0 fully saturated rings. The van der Waals surface area contributed by atoms with Crippen LogP contribution in [-0.2, 0) is 0 Å². The molecule has 4 N–H and O–H groups in total. The summed E-state index contributed by atoms with van der Waals surface area (Å²) in [5.74, 6) is 1.95. The van der Waals surface area contributed by atoms with Gasteiger partial charge in [0.1, 0.15) is 0 Å². The molecule has 8 heteroatoms. The summed E-state index contributed by atoms with van der Waals surface area (Å²) in [6, 6.07) is 0. The number of nitrogens with zero attached hydrogens (tertiary/aromatic N) is 3. The zero-order chi connectivity index (χ0) is 9.42. The Kier molecular flexibility index (Phi) is 2.49. The average Bonchev–Trinajstić information content (AvgIpc) is 2.48. The summed E-state index contributed by atoms with van der Waals surface area (Å²) < 4.78 is 8.16. The molecule has 0 atom stereocenters. The minimum atomic E-state index is -0.215. The van der Waals surface area contributed by atoms with Crippen LogP contribution in [0.4, 0.5) is 23.3 Å². The molecular formula is C5H7I2N6-. The third-order valence-corrected chi connectivity index (χ3v) is 4.00. The van der Waals surface area contributed by atoms with Crippen LogP contribution in [0.25, 0.3) is 0 Å². The van der Waals surface area contributed by atoms with Crippen molar-refractivity contribution in [2.45, 2.75) is 0 Å². The van der Waals surface area contributed by atoms with E-state index in [0.717, 1.165) is 11.5 Å². The molecule has 72 valence electrons. The number of aromatic nitrogens is 2. The number of hydrogen-bond donors (Lipinski definition) is 3. The van der Waals surface area contributed by atoms with Crippen molar-refractivity contribution in [1.29, 1.82) is 0 Å². The van der Waals surface area contributed by atoms with Crippen LogP contribution in [0, 0.1) is 0 Å². The molecule has 0 radical (unpaired) electrons. The molecule has 1 aliphatic rings. The van der Waals surface area contributed by atoms with Crippen molar-refractivity contribution in [3.63, 3.8) is 0 Å². The second kappa shape index (κ2) is 3.48. The van der Waals surface area contributed by atoms with E-state index in [-0.39, 0.29) is 21.8 Å². The average molecular weight is 405 g/mol. The van der Waals surface area contributed by atoms with Gasteiger partial charge in [0.2, 0.25) is 0 Å². The molecule has 0 aliphatic carbocycles. The Bertz CT molecular complexity index is 342. The van der Waals surface area contributed by atoms with E-state index in [1.54, 1.807) is 0 Å². The third kappa shape index (κ3) is 1.56. The van der Waals surface area contributed by atoms with Crippen LogP contribution in [0.2, 0.25) is 0 Å². The predicted molar refractivity (Wildman–Crippen MR) is 56.1 cm³/mol. The summed E-state index contributed by atoms with van der Waals surface area (Å²) in [4.78, 5) is 8.37. The summed E-state index contributed by atoms with van der Waals surface area (Å²) in [6.45, 7) is 0. The predicted octanol–water partition coefficient (Wildman–Crippen LogP) is -2.40. The SMILES string of the molecule is CN1[I-]Nc2c(N)nc(NI)nc21. The molecule has 1 aromatic rings. The second-order valence-corrected chi connectivity index (χ2v) is 5.39. The molecular weight excluding hydrogens is 398 g/mol. The number of fused-ring (bicyclic) bond motifs is 1. The van der Waals surface area contributed by atoms with Crippen LogP contribution in [0.15, 0.2) is 0 Å². The van der Waals surface area contributed by atoms with Crippen LogP contribution >= 0.6 is 22.9 Å². The molecule has 0 spiro atoms. The first-order valence-corrected chi connectivity index (χ1v) is 6.52. The van der Waals surface area contributed by atoms with Crippen molar-refractivity contribution in [1.82, 2.24) is 9.97 Å². The molecule has 0 saturated heterocycles. The minimum absolute atomic E-state index is 0.215. The Balaban J connectivity index is 2.53. The van der Waals surface area contributed by atoms with Gasteiger partial charge in [-0.2, -0.15) is 0 Å². The fraction of sp³-hybridized carbons (Fsp3) is 0.200. The molecule has 1 aromatic heterocycles. The van der Waals surface area contributed by atoms with E-state index in [4.69, 9.17) is 5.73 Å². The molecule has 6 nitrogen and oxygen atoms in total. The summed E-state index contributed by atoms with van der Waals surface area (Å²) in [5, 5.41) is 0. The van der Waals surface area contributed by atoms with Gasteiger partial charge in [-0.3, -0.25) is 0 Å². The summed E-state index contributed by atoms with van der Waals surface area (Å²) in [6.07, 6.45) is 0. The molecule has 13 heavy (non-hydrogen) atoms. The molecule has 0 saturated carbocycles. The van der Waals surface area contributed by atoms with E-state index in [0.29, 0.717) is 11.8 Å². The molecule has 2 rings (SSSR count). The van der Waals surface area contributed by atoms with Crippen molar-refractivity contribution in [3.8, 4) is 0 Å². The topological polar surface area (TPSA) is 79.1 Å².